The van der Waals surface area contributed by atoms with Crippen LogP contribution in [0.25, 0.3) is 85.1 Å². The highest BCUT2D eigenvalue weighted by atomic mass is 15.2. The van der Waals surface area contributed by atoms with Crippen molar-refractivity contribution in [3.05, 3.63) is 134 Å². The minimum absolute atomic E-state index is 0.534. The quantitative estimate of drug-likeness (QED) is 0.180. The van der Waals surface area contributed by atoms with Crippen molar-refractivity contribution in [2.24, 2.45) is 0 Å². The van der Waals surface area contributed by atoms with Crippen LogP contribution in [0.1, 0.15) is 12.8 Å². The van der Waals surface area contributed by atoms with Crippen LogP contribution in [0.3, 0.4) is 0 Å². The van der Waals surface area contributed by atoms with Crippen LogP contribution in [0.2, 0.25) is 0 Å². The fraction of sp³-hybridized carbons (Fsp3) is 0.0513. The van der Waals surface area contributed by atoms with Crippen LogP contribution in [0.4, 0.5) is 0 Å². The van der Waals surface area contributed by atoms with Gasteiger partial charge in [-0.15, -0.1) is 0 Å². The third-order valence-electron chi connectivity index (χ3n) is 8.86. The maximum Gasteiger partial charge on any atom is 0.198 e. The largest absolute Gasteiger partial charge is 0.276 e. The highest BCUT2D eigenvalue weighted by Gasteiger charge is 2.24. The molecule has 1 aliphatic rings. The Morgan fingerprint density at radius 3 is 1.27 bits per heavy atom. The molecule has 6 aromatic heterocycles. The van der Waals surface area contributed by atoms with Crippen LogP contribution in [0.15, 0.2) is 134 Å². The molecule has 6 heterocycles. The molecule has 242 valence electrons. The van der Waals surface area contributed by atoms with E-state index in [0.717, 1.165) is 46.6 Å². The third-order valence-corrected chi connectivity index (χ3v) is 8.86. The maximum atomic E-state index is 5.09. The molecule has 12 nitrogen and oxygen atoms in total. The molecule has 0 aliphatic heterocycles. The van der Waals surface area contributed by atoms with Gasteiger partial charge in [-0.2, -0.15) is 0 Å². The van der Waals surface area contributed by atoms with Gasteiger partial charge in [-0.25, -0.2) is 44.9 Å². The molecule has 0 saturated carbocycles. The molecule has 9 aromatic rings. The summed E-state index contributed by atoms with van der Waals surface area (Å²) in [5, 5.41) is 0. The number of fused-ring (bicyclic) bond motifs is 3. The van der Waals surface area contributed by atoms with E-state index < -0.39 is 0 Å². The van der Waals surface area contributed by atoms with E-state index in [1.807, 2.05) is 69.8 Å². The standard InChI is InChI=1S/C39H26N12/c1-4-10-28(11-5-1)49-34(46-31-37(49)43-19-16-40-31)25-22-26(35-47-32-38(44-20-17-41-32)50(35)29-12-6-2-7-13-29)24-27(23-25)36-48-33-39(45-21-18-42-33)51(36)30-14-8-3-9-15-30/h1-2,4-8,10-24H,3,9H2. The van der Waals surface area contributed by atoms with Crippen LogP contribution in [0.5, 0.6) is 0 Å². The molecule has 0 fully saturated rings. The summed E-state index contributed by atoms with van der Waals surface area (Å²) in [6, 6.07) is 26.4. The average molecular weight is 663 g/mol. The number of hydrogen-bond acceptors (Lipinski definition) is 9. The first kappa shape index (κ1) is 28.8. The van der Waals surface area contributed by atoms with E-state index in [2.05, 4.69) is 55.9 Å². The first-order chi connectivity index (χ1) is 25.3. The molecule has 51 heavy (non-hydrogen) atoms. The van der Waals surface area contributed by atoms with Gasteiger partial charge >= 0.3 is 0 Å². The molecule has 3 aromatic carbocycles. The molecule has 12 heteroatoms. The van der Waals surface area contributed by atoms with Crippen LogP contribution >= 0.6 is 0 Å². The third kappa shape index (κ3) is 4.80. The topological polar surface area (TPSA) is 131 Å². The van der Waals surface area contributed by atoms with E-state index in [9.17, 15) is 0 Å². The summed E-state index contributed by atoms with van der Waals surface area (Å²) in [7, 11) is 0. The van der Waals surface area contributed by atoms with Gasteiger partial charge < -0.3 is 0 Å². The number of benzene rings is 3. The highest BCUT2D eigenvalue weighted by Crippen LogP contribution is 2.37. The van der Waals surface area contributed by atoms with E-state index in [0.29, 0.717) is 51.4 Å². The zero-order chi connectivity index (χ0) is 33.7. The molecule has 0 spiro atoms. The minimum Gasteiger partial charge on any atom is -0.276 e. The number of rotatable bonds is 6. The molecule has 0 N–H and O–H groups in total. The minimum atomic E-state index is 0.534. The number of hydrogen-bond donors (Lipinski definition) is 0. The molecule has 10 rings (SSSR count). The average Bonchev–Trinajstić information content (AvgIpc) is 3.91. The van der Waals surface area contributed by atoms with Gasteiger partial charge in [-0.3, -0.25) is 13.7 Å². The summed E-state index contributed by atoms with van der Waals surface area (Å²) in [5.41, 5.74) is 8.83. The van der Waals surface area contributed by atoms with E-state index >= 15 is 0 Å². The number of nitrogens with zero attached hydrogens (tertiary/aromatic N) is 12. The van der Waals surface area contributed by atoms with Crippen molar-refractivity contribution in [3.8, 4) is 45.5 Å². The van der Waals surface area contributed by atoms with Crippen molar-refractivity contribution in [1.29, 1.82) is 0 Å². The molecule has 0 unspecified atom stereocenters. The Bertz CT molecular complexity index is 2680. The molecule has 0 atom stereocenters. The van der Waals surface area contributed by atoms with E-state index in [1.54, 1.807) is 37.2 Å². The van der Waals surface area contributed by atoms with Gasteiger partial charge in [0.25, 0.3) is 0 Å². The lowest BCUT2D eigenvalue weighted by atomic mass is 10.0. The summed E-state index contributed by atoms with van der Waals surface area (Å²) >= 11 is 0. The molecular weight excluding hydrogens is 637 g/mol. The summed E-state index contributed by atoms with van der Waals surface area (Å²) < 4.78 is 6.15. The lowest BCUT2D eigenvalue weighted by Gasteiger charge is -2.15. The van der Waals surface area contributed by atoms with E-state index in [4.69, 9.17) is 29.9 Å². The van der Waals surface area contributed by atoms with Gasteiger partial charge in [0.15, 0.2) is 33.9 Å². The normalized spacial score (nSPS) is 13.0. The first-order valence-electron chi connectivity index (χ1n) is 16.5. The molecule has 1 aliphatic carbocycles. The smallest absolute Gasteiger partial charge is 0.198 e. The molecule has 0 amide bonds. The fourth-order valence-corrected chi connectivity index (χ4v) is 6.68. The number of imidazole rings is 3. The Hall–Kier alpha value is -7.21. The lowest BCUT2D eigenvalue weighted by molar-refractivity contribution is 1.00. The van der Waals surface area contributed by atoms with Crippen molar-refractivity contribution >= 4 is 39.6 Å². The lowest BCUT2D eigenvalue weighted by Crippen LogP contribution is -2.03. The van der Waals surface area contributed by atoms with Crippen molar-refractivity contribution < 1.29 is 0 Å². The van der Waals surface area contributed by atoms with Gasteiger partial charge in [0, 0.05) is 70.9 Å². The zero-order valence-corrected chi connectivity index (χ0v) is 27.0. The van der Waals surface area contributed by atoms with Crippen LogP contribution in [-0.4, -0.2) is 58.6 Å². The Morgan fingerprint density at radius 2 is 0.843 bits per heavy atom. The highest BCUT2D eigenvalue weighted by molar-refractivity contribution is 5.87. The van der Waals surface area contributed by atoms with E-state index in [-0.39, 0.29) is 0 Å². The molecule has 0 radical (unpaired) electrons. The van der Waals surface area contributed by atoms with Crippen molar-refractivity contribution in [1.82, 2.24) is 58.6 Å². The summed E-state index contributed by atoms with van der Waals surface area (Å²) in [6.07, 6.45) is 18.5. The van der Waals surface area contributed by atoms with Crippen molar-refractivity contribution in [3.63, 3.8) is 0 Å². The van der Waals surface area contributed by atoms with E-state index in [1.165, 1.54) is 0 Å². The van der Waals surface area contributed by atoms with Crippen LogP contribution < -0.4 is 0 Å². The first-order valence-corrected chi connectivity index (χ1v) is 16.5. The predicted octanol–water partition coefficient (Wildman–Crippen LogP) is 7.28. The van der Waals surface area contributed by atoms with Crippen LogP contribution in [0, 0.1) is 0 Å². The second-order valence-corrected chi connectivity index (χ2v) is 12.0. The molecule has 0 saturated heterocycles. The van der Waals surface area contributed by atoms with Gasteiger partial charge in [0.1, 0.15) is 17.5 Å². The van der Waals surface area contributed by atoms with Gasteiger partial charge in [-0.05, 0) is 61.4 Å². The SMILES string of the molecule is C1=CC(n2c(-c3cc(-c4nc5nccnc5n4-c4ccccc4)cc(-c4nc5nccnc5n4-c4ccccc4)c3)nc3nccnc32)=CCC1. The Labute approximate surface area is 290 Å². The number of aromatic nitrogens is 12. The van der Waals surface area contributed by atoms with Gasteiger partial charge in [0.05, 0.1) is 0 Å². The Kier molecular flexibility index (Phi) is 6.62. The zero-order valence-electron chi connectivity index (χ0n) is 27.0. The van der Waals surface area contributed by atoms with Crippen molar-refractivity contribution in [2.75, 3.05) is 0 Å². The monoisotopic (exact) mass is 662 g/mol. The number of allylic oxidation sites excluding steroid dienone is 4. The second kappa shape index (κ2) is 11.7. The molecule has 0 bridgehead atoms. The molecular formula is C39H26N12. The summed E-state index contributed by atoms with van der Waals surface area (Å²) in [4.78, 5) is 43.1. The van der Waals surface area contributed by atoms with Gasteiger partial charge in [0.2, 0.25) is 0 Å². The Morgan fingerprint density at radius 1 is 0.431 bits per heavy atom. The predicted molar refractivity (Wildman–Crippen MR) is 195 cm³/mol. The van der Waals surface area contributed by atoms with Gasteiger partial charge in [-0.1, -0.05) is 48.6 Å². The van der Waals surface area contributed by atoms with Crippen LogP contribution in [-0.2, 0) is 0 Å². The second-order valence-electron chi connectivity index (χ2n) is 12.0. The summed E-state index contributed by atoms with van der Waals surface area (Å²) in [6.45, 7) is 0. The van der Waals surface area contributed by atoms with Crippen molar-refractivity contribution in [2.45, 2.75) is 12.8 Å². The summed E-state index contributed by atoms with van der Waals surface area (Å²) in [5.74, 6) is 2.02. The number of para-hydroxylation sites is 2. The fourth-order valence-electron chi connectivity index (χ4n) is 6.68. The maximum absolute atomic E-state index is 5.09. The Balaban J connectivity index is 1.31.